The number of hydrogen-bond donors (Lipinski definition) is 2. The number of nitrogens with zero attached hydrogens (tertiary/aromatic N) is 2. The van der Waals surface area contributed by atoms with Crippen molar-refractivity contribution in [3.63, 3.8) is 0 Å². The smallest absolute Gasteiger partial charge is 0.119 e. The third-order valence-corrected chi connectivity index (χ3v) is 6.97. The second-order valence-electron chi connectivity index (χ2n) is 8.45. The lowest BCUT2D eigenvalue weighted by atomic mass is 10.1. The van der Waals surface area contributed by atoms with Crippen LogP contribution in [0.15, 0.2) is 82.6 Å². The van der Waals surface area contributed by atoms with Gasteiger partial charge in [-0.2, -0.15) is 0 Å². The van der Waals surface area contributed by atoms with Gasteiger partial charge in [-0.1, -0.05) is 48.2 Å². The number of rotatable bonds is 13. The second kappa shape index (κ2) is 13.0. The van der Waals surface area contributed by atoms with E-state index in [1.54, 1.807) is 11.8 Å². The molecule has 2 N–H and O–H groups in total. The van der Waals surface area contributed by atoms with Crippen LogP contribution >= 0.6 is 11.8 Å². The average Bonchev–Trinajstić information content (AvgIpc) is 2.87. The minimum atomic E-state index is -0.591. The minimum absolute atomic E-state index is 0.0391. The fourth-order valence-corrected chi connectivity index (χ4v) is 5.33. The summed E-state index contributed by atoms with van der Waals surface area (Å²) in [6.45, 7) is 5.86. The normalized spacial score (nSPS) is 13.4. The molecule has 1 unspecified atom stereocenters. The van der Waals surface area contributed by atoms with Gasteiger partial charge >= 0.3 is 0 Å². The van der Waals surface area contributed by atoms with Gasteiger partial charge in [0.25, 0.3) is 0 Å². The third-order valence-electron chi connectivity index (χ3n) is 5.84. The molecule has 1 atom stereocenters. The van der Waals surface area contributed by atoms with Crippen LogP contribution in [0.3, 0.4) is 0 Å². The van der Waals surface area contributed by atoms with Gasteiger partial charge in [0.15, 0.2) is 0 Å². The van der Waals surface area contributed by atoms with E-state index in [0.29, 0.717) is 46.0 Å². The van der Waals surface area contributed by atoms with E-state index in [0.717, 1.165) is 22.7 Å². The number of hydrogen-bond acceptors (Lipinski definition) is 7. The predicted octanol–water partition coefficient (Wildman–Crippen LogP) is 4.56. The van der Waals surface area contributed by atoms with Crippen molar-refractivity contribution >= 4 is 23.1 Å². The van der Waals surface area contributed by atoms with Gasteiger partial charge < -0.3 is 24.6 Å². The highest BCUT2D eigenvalue weighted by Gasteiger charge is 2.25. The maximum atomic E-state index is 11.1. The van der Waals surface area contributed by atoms with Crippen LogP contribution in [0.4, 0.5) is 11.4 Å². The molecule has 3 aromatic rings. The number of aliphatic hydroxyl groups is 2. The average molecular weight is 495 g/mol. The van der Waals surface area contributed by atoms with E-state index in [9.17, 15) is 10.2 Å². The molecule has 6 nitrogen and oxygen atoms in total. The lowest BCUT2D eigenvalue weighted by Gasteiger charge is -2.35. The van der Waals surface area contributed by atoms with Crippen LogP contribution in [0.5, 0.6) is 5.75 Å². The van der Waals surface area contributed by atoms with E-state index in [-0.39, 0.29) is 6.61 Å². The van der Waals surface area contributed by atoms with E-state index < -0.39 is 6.10 Å². The molecule has 0 aromatic heterocycles. The maximum Gasteiger partial charge on any atom is 0.119 e. The fourth-order valence-electron chi connectivity index (χ4n) is 4.23. The van der Waals surface area contributed by atoms with E-state index in [1.165, 1.54) is 9.79 Å². The summed E-state index contributed by atoms with van der Waals surface area (Å²) >= 11 is 1.76. The highest BCUT2D eigenvalue weighted by atomic mass is 32.2. The summed E-state index contributed by atoms with van der Waals surface area (Å²) < 4.78 is 11.0. The van der Waals surface area contributed by atoms with Crippen LogP contribution in [-0.2, 0) is 11.3 Å². The van der Waals surface area contributed by atoms with E-state index in [1.807, 2.05) is 55.5 Å². The molecule has 1 aliphatic rings. The number of para-hydroxylation sites is 2. The maximum absolute atomic E-state index is 11.1. The summed E-state index contributed by atoms with van der Waals surface area (Å²) in [5, 5.41) is 20.7. The van der Waals surface area contributed by atoms with Crippen molar-refractivity contribution in [3.05, 3.63) is 78.4 Å². The lowest BCUT2D eigenvalue weighted by molar-refractivity contribution is 0.100. The summed E-state index contributed by atoms with van der Waals surface area (Å²) in [4.78, 5) is 6.67. The lowest BCUT2D eigenvalue weighted by Crippen LogP contribution is -2.40. The highest BCUT2D eigenvalue weighted by Crippen LogP contribution is 2.47. The van der Waals surface area contributed by atoms with Crippen molar-refractivity contribution in [2.75, 3.05) is 51.0 Å². The Labute approximate surface area is 212 Å². The van der Waals surface area contributed by atoms with Gasteiger partial charge in [0.1, 0.15) is 12.4 Å². The molecule has 0 radical (unpaired) electrons. The van der Waals surface area contributed by atoms with Gasteiger partial charge in [0.2, 0.25) is 0 Å². The zero-order chi connectivity index (χ0) is 24.5. The van der Waals surface area contributed by atoms with Gasteiger partial charge in [-0.05, 0) is 48.9 Å². The Morgan fingerprint density at radius 1 is 0.914 bits per heavy atom. The van der Waals surface area contributed by atoms with Gasteiger partial charge in [-0.15, -0.1) is 0 Å². The van der Waals surface area contributed by atoms with Crippen molar-refractivity contribution in [1.29, 1.82) is 0 Å². The summed E-state index contributed by atoms with van der Waals surface area (Å²) in [6, 6.07) is 24.6. The molecule has 0 aliphatic carbocycles. The first-order valence-corrected chi connectivity index (χ1v) is 12.9. The fraction of sp³-hybridized carbons (Fsp3) is 0.357. The van der Waals surface area contributed by atoms with Gasteiger partial charge in [0, 0.05) is 36.0 Å². The molecule has 35 heavy (non-hydrogen) atoms. The SMILES string of the molecule is CCOCCOc1ccc(CN(CCO)CC(O)CN2c3ccccc3Sc3ccccc32)cc1. The van der Waals surface area contributed by atoms with Crippen molar-refractivity contribution < 1.29 is 19.7 Å². The molecule has 0 bridgehead atoms. The summed E-state index contributed by atoms with van der Waals surface area (Å²) in [5.74, 6) is 0.808. The summed E-state index contributed by atoms with van der Waals surface area (Å²) in [5.41, 5.74) is 3.33. The molecule has 3 aromatic carbocycles. The Kier molecular flexibility index (Phi) is 9.45. The number of anilines is 2. The number of fused-ring (bicyclic) bond motifs is 2. The summed E-state index contributed by atoms with van der Waals surface area (Å²) in [6.07, 6.45) is -0.591. The minimum Gasteiger partial charge on any atom is -0.491 e. The van der Waals surface area contributed by atoms with Gasteiger partial charge in [-0.3, -0.25) is 4.90 Å². The molecule has 7 heteroatoms. The topological polar surface area (TPSA) is 65.4 Å². The molecular weight excluding hydrogens is 460 g/mol. The monoisotopic (exact) mass is 494 g/mol. The first-order valence-electron chi connectivity index (χ1n) is 12.1. The van der Waals surface area contributed by atoms with Gasteiger partial charge in [-0.25, -0.2) is 0 Å². The Bertz CT molecular complexity index is 1020. The Morgan fingerprint density at radius 2 is 1.57 bits per heavy atom. The Hall–Kier alpha value is -2.55. The first-order chi connectivity index (χ1) is 17.2. The van der Waals surface area contributed by atoms with E-state index in [2.05, 4.69) is 34.1 Å². The largest absolute Gasteiger partial charge is 0.491 e. The Morgan fingerprint density at radius 3 is 2.20 bits per heavy atom. The standard InChI is InChI=1S/C28H34N2O4S/c1-2-33-17-18-34-24-13-11-22(12-14-24)19-29(15-16-31)20-23(32)21-30-25-7-3-5-9-27(25)35-28-10-6-4-8-26(28)30/h3-14,23,31-32H,2,15-21H2,1H3. The van der Waals surface area contributed by atoms with Crippen molar-refractivity contribution in [2.24, 2.45) is 0 Å². The number of benzene rings is 3. The first kappa shape index (κ1) is 25.5. The van der Waals surface area contributed by atoms with Crippen LogP contribution in [-0.4, -0.2) is 67.3 Å². The quantitative estimate of drug-likeness (QED) is 0.338. The summed E-state index contributed by atoms with van der Waals surface area (Å²) in [7, 11) is 0. The van der Waals surface area contributed by atoms with Crippen LogP contribution < -0.4 is 9.64 Å². The zero-order valence-corrected chi connectivity index (χ0v) is 21.0. The van der Waals surface area contributed by atoms with Crippen LogP contribution in [0.2, 0.25) is 0 Å². The molecule has 0 spiro atoms. The zero-order valence-electron chi connectivity index (χ0n) is 20.2. The molecule has 1 aliphatic heterocycles. The predicted molar refractivity (Wildman–Crippen MR) is 141 cm³/mol. The third kappa shape index (κ3) is 6.99. The van der Waals surface area contributed by atoms with Crippen molar-refractivity contribution in [2.45, 2.75) is 29.4 Å². The molecule has 0 saturated heterocycles. The molecular formula is C28H34N2O4S. The molecule has 1 heterocycles. The molecule has 0 amide bonds. The van der Waals surface area contributed by atoms with Crippen LogP contribution in [0, 0.1) is 0 Å². The number of aliphatic hydroxyl groups excluding tert-OH is 2. The van der Waals surface area contributed by atoms with Gasteiger partial charge in [0.05, 0.1) is 37.2 Å². The highest BCUT2D eigenvalue weighted by molar-refractivity contribution is 7.99. The second-order valence-corrected chi connectivity index (χ2v) is 9.53. The van der Waals surface area contributed by atoms with E-state index >= 15 is 0 Å². The molecule has 0 fully saturated rings. The Balaban J connectivity index is 1.39. The van der Waals surface area contributed by atoms with Crippen LogP contribution in [0.25, 0.3) is 0 Å². The van der Waals surface area contributed by atoms with Crippen LogP contribution in [0.1, 0.15) is 12.5 Å². The van der Waals surface area contributed by atoms with Crippen molar-refractivity contribution in [3.8, 4) is 5.75 Å². The number of ether oxygens (including phenoxy) is 2. The molecule has 186 valence electrons. The van der Waals surface area contributed by atoms with Crippen molar-refractivity contribution in [1.82, 2.24) is 4.90 Å². The molecule has 4 rings (SSSR count). The molecule has 0 saturated carbocycles. The number of β-amino-alcohol motifs (C(OH)–C–C–N with tert-alkyl or cyclic N) is 1. The van der Waals surface area contributed by atoms with E-state index in [4.69, 9.17) is 9.47 Å².